The van der Waals surface area contributed by atoms with E-state index in [2.05, 4.69) is 17.2 Å². The van der Waals surface area contributed by atoms with Crippen LogP contribution in [0.5, 0.6) is 5.75 Å². The van der Waals surface area contributed by atoms with Crippen LogP contribution >= 0.6 is 0 Å². The molecule has 4 saturated carbocycles. The Balaban J connectivity index is 1.01. The van der Waals surface area contributed by atoms with Gasteiger partial charge in [-0.05, 0) is 86.3 Å². The summed E-state index contributed by atoms with van der Waals surface area (Å²) in [7, 11) is 0. The highest BCUT2D eigenvalue weighted by Crippen LogP contribution is 2.62. The minimum atomic E-state index is -4.11. The van der Waals surface area contributed by atoms with Gasteiger partial charge in [0.2, 0.25) is 5.91 Å². The maximum atomic E-state index is 13.0. The van der Waals surface area contributed by atoms with Crippen LogP contribution in [0, 0.1) is 35.0 Å². The van der Waals surface area contributed by atoms with Crippen LogP contribution in [-0.2, 0) is 4.79 Å². The molecule has 0 spiro atoms. The number of carbonyl (C=O) groups excluding carboxylic acids is 1. The maximum Gasteiger partial charge on any atom is 0.401 e. The van der Waals surface area contributed by atoms with Crippen molar-refractivity contribution < 1.29 is 22.7 Å². The zero-order chi connectivity index (χ0) is 24.4. The molecule has 2 N–H and O–H groups in total. The lowest BCUT2D eigenvalue weighted by Crippen LogP contribution is -2.40. The highest BCUT2D eigenvalue weighted by atomic mass is 19.4. The van der Waals surface area contributed by atoms with Crippen molar-refractivity contribution >= 4 is 22.5 Å². The summed E-state index contributed by atoms with van der Waals surface area (Å²) < 4.78 is 44.1. The number of hydrogen-bond donors (Lipinski definition) is 2. The molecule has 2 bridgehead atoms. The molecule has 2 heterocycles. The number of amides is 1. The van der Waals surface area contributed by atoms with Gasteiger partial charge in [-0.15, -0.1) is 0 Å². The van der Waals surface area contributed by atoms with E-state index in [1.54, 1.807) is 4.90 Å². The van der Waals surface area contributed by atoms with Crippen molar-refractivity contribution in [1.29, 1.82) is 0 Å². The zero-order valence-corrected chi connectivity index (χ0v) is 20.2. The van der Waals surface area contributed by atoms with E-state index in [1.807, 2.05) is 24.4 Å². The third-order valence-electron chi connectivity index (χ3n) is 9.33. The Kier molecular flexibility index (Phi) is 5.58. The fraction of sp³-hybridized carbons (Fsp3) is 0.667. The molecule has 4 aliphatic carbocycles. The van der Waals surface area contributed by atoms with Crippen LogP contribution in [0.2, 0.25) is 0 Å². The van der Waals surface area contributed by atoms with Gasteiger partial charge >= 0.3 is 6.18 Å². The van der Waals surface area contributed by atoms with Crippen LogP contribution in [0.15, 0.2) is 24.4 Å². The standard InChI is InChI=1S/C27H34F3N3O2/c1-16-9-26(10-20(16)11-26)25(34)32-24-12-31-23-3-2-21(8-22(23)24)35-5-4-17-6-18-13-33(14-19(18)7-17)15-27(28,29)30/h2-3,8,12,16-20,31H,4-7,9-11,13-15H2,1H3,(H,32,34)/t16-,17?,18-,19+,20?,26?/m0/s1. The number of nitrogens with zero attached hydrogens (tertiary/aromatic N) is 1. The molecule has 1 amide bonds. The van der Waals surface area contributed by atoms with Crippen molar-refractivity contribution in [1.82, 2.24) is 9.88 Å². The first kappa shape index (κ1) is 23.2. The van der Waals surface area contributed by atoms with E-state index in [9.17, 15) is 18.0 Å². The van der Waals surface area contributed by atoms with Gasteiger partial charge in [0.1, 0.15) is 5.75 Å². The highest BCUT2D eigenvalue weighted by molar-refractivity contribution is 6.04. The predicted octanol–water partition coefficient (Wildman–Crippen LogP) is 5.83. The molecule has 190 valence electrons. The van der Waals surface area contributed by atoms with E-state index >= 15 is 0 Å². The molecule has 5 nitrogen and oxygen atoms in total. The molecule has 35 heavy (non-hydrogen) atoms. The quantitative estimate of drug-likeness (QED) is 0.514. The van der Waals surface area contributed by atoms with Gasteiger partial charge in [0, 0.05) is 30.2 Å². The molecule has 5 fully saturated rings. The second-order valence-electron chi connectivity index (χ2n) is 11.8. The number of likely N-dealkylation sites (tertiary alicyclic amines) is 1. The molecule has 7 rings (SSSR count). The number of benzene rings is 1. The fourth-order valence-corrected chi connectivity index (χ4v) is 7.61. The lowest BCUT2D eigenvalue weighted by atomic mass is 9.68. The lowest BCUT2D eigenvalue weighted by Gasteiger charge is -2.36. The number of alkyl halides is 3. The van der Waals surface area contributed by atoms with Crippen LogP contribution < -0.4 is 10.1 Å². The van der Waals surface area contributed by atoms with E-state index in [1.165, 1.54) is 0 Å². The first-order chi connectivity index (χ1) is 16.7. The molecule has 5 aliphatic rings. The van der Waals surface area contributed by atoms with Gasteiger partial charge < -0.3 is 15.0 Å². The van der Waals surface area contributed by atoms with Crippen molar-refractivity contribution in [2.24, 2.45) is 35.0 Å². The van der Waals surface area contributed by atoms with Crippen molar-refractivity contribution in [3.63, 3.8) is 0 Å². The Labute approximate surface area is 203 Å². The number of fused-ring (bicyclic) bond motifs is 3. The Morgan fingerprint density at radius 3 is 2.57 bits per heavy atom. The average molecular weight is 490 g/mol. The number of rotatable bonds is 7. The number of carbonyl (C=O) groups is 1. The Morgan fingerprint density at radius 1 is 1.17 bits per heavy atom. The third-order valence-corrected chi connectivity index (χ3v) is 9.33. The normalized spacial score (nSPS) is 34.2. The Bertz CT molecular complexity index is 1090. The SMILES string of the molecule is C[C@H]1CC2(C(=O)Nc3c[nH]c4ccc(OCCC5C[C@@H]6CN(CC(F)(F)F)C[C@@H]6C5)cc34)CC1C2. The first-order valence-electron chi connectivity index (χ1n) is 13.0. The summed E-state index contributed by atoms with van der Waals surface area (Å²) in [5.41, 5.74) is 1.59. The first-order valence-corrected chi connectivity index (χ1v) is 13.0. The van der Waals surface area contributed by atoms with Crippen molar-refractivity contribution in [3.05, 3.63) is 24.4 Å². The summed E-state index contributed by atoms with van der Waals surface area (Å²) in [6.45, 7) is 3.21. The van der Waals surface area contributed by atoms with Gasteiger partial charge in [0.25, 0.3) is 0 Å². The molecule has 8 heteroatoms. The van der Waals surface area contributed by atoms with Crippen molar-refractivity contribution in [2.45, 2.75) is 51.6 Å². The number of aromatic nitrogens is 1. The van der Waals surface area contributed by atoms with Crippen LogP contribution in [-0.4, -0.2) is 48.2 Å². The fourth-order valence-electron chi connectivity index (χ4n) is 7.61. The Hall–Kier alpha value is -2.22. The molecular formula is C27H34F3N3O2. The maximum absolute atomic E-state index is 13.0. The largest absolute Gasteiger partial charge is 0.494 e. The smallest absolute Gasteiger partial charge is 0.401 e. The van der Waals surface area contributed by atoms with Crippen LogP contribution in [0.25, 0.3) is 10.9 Å². The molecule has 1 aromatic heterocycles. The summed E-state index contributed by atoms with van der Waals surface area (Å²) in [6, 6.07) is 5.90. The summed E-state index contributed by atoms with van der Waals surface area (Å²) in [5.74, 6) is 3.56. The topological polar surface area (TPSA) is 57.4 Å². The van der Waals surface area contributed by atoms with E-state index in [0.29, 0.717) is 49.3 Å². The summed E-state index contributed by atoms with van der Waals surface area (Å²) in [4.78, 5) is 17.8. The second-order valence-corrected chi connectivity index (χ2v) is 11.8. The average Bonchev–Trinajstić information content (AvgIpc) is 3.53. The number of aromatic amines is 1. The summed E-state index contributed by atoms with van der Waals surface area (Å²) in [6.07, 6.45) is 3.68. The monoisotopic (exact) mass is 489 g/mol. The molecule has 1 aliphatic heterocycles. The van der Waals surface area contributed by atoms with E-state index in [4.69, 9.17) is 4.74 Å². The van der Waals surface area contributed by atoms with Gasteiger partial charge in [-0.2, -0.15) is 13.2 Å². The molecule has 1 unspecified atom stereocenters. The van der Waals surface area contributed by atoms with Crippen LogP contribution in [0.4, 0.5) is 18.9 Å². The highest BCUT2D eigenvalue weighted by Gasteiger charge is 2.58. The Morgan fingerprint density at radius 2 is 1.91 bits per heavy atom. The van der Waals surface area contributed by atoms with E-state index in [-0.39, 0.29) is 11.3 Å². The minimum Gasteiger partial charge on any atom is -0.494 e. The minimum absolute atomic E-state index is 0.144. The van der Waals surface area contributed by atoms with Crippen molar-refractivity contribution in [2.75, 3.05) is 31.6 Å². The van der Waals surface area contributed by atoms with Crippen LogP contribution in [0.1, 0.15) is 45.4 Å². The number of nitrogens with one attached hydrogen (secondary N) is 2. The number of halogens is 3. The molecule has 4 atom stereocenters. The molecule has 1 aromatic carbocycles. The number of ether oxygens (including phenoxy) is 1. The second kappa shape index (κ2) is 8.43. The number of hydrogen-bond acceptors (Lipinski definition) is 3. The predicted molar refractivity (Wildman–Crippen MR) is 128 cm³/mol. The lowest BCUT2D eigenvalue weighted by molar-refractivity contribution is -0.144. The summed E-state index contributed by atoms with van der Waals surface area (Å²) in [5, 5.41) is 4.13. The summed E-state index contributed by atoms with van der Waals surface area (Å²) >= 11 is 0. The number of anilines is 1. The zero-order valence-electron chi connectivity index (χ0n) is 20.2. The van der Waals surface area contributed by atoms with Crippen molar-refractivity contribution in [3.8, 4) is 5.75 Å². The molecular weight excluding hydrogens is 455 g/mol. The van der Waals surface area contributed by atoms with Gasteiger partial charge in [0.05, 0.1) is 24.3 Å². The van der Waals surface area contributed by atoms with Gasteiger partial charge in [-0.25, -0.2) is 0 Å². The van der Waals surface area contributed by atoms with Gasteiger partial charge in [-0.1, -0.05) is 6.92 Å². The van der Waals surface area contributed by atoms with Crippen LogP contribution in [0.3, 0.4) is 0 Å². The van der Waals surface area contributed by atoms with Gasteiger partial charge in [-0.3, -0.25) is 9.69 Å². The molecule has 1 saturated heterocycles. The van der Waals surface area contributed by atoms with Gasteiger partial charge in [0.15, 0.2) is 0 Å². The number of H-pyrrole nitrogens is 1. The van der Waals surface area contributed by atoms with E-state index < -0.39 is 12.7 Å². The molecule has 0 radical (unpaired) electrons. The third kappa shape index (κ3) is 4.43. The van der Waals surface area contributed by atoms with E-state index in [0.717, 1.165) is 60.9 Å². The molecule has 2 aromatic rings.